The molecule has 0 radical (unpaired) electrons. The van der Waals surface area contributed by atoms with E-state index >= 15 is 0 Å². The summed E-state index contributed by atoms with van der Waals surface area (Å²) >= 11 is 0. The van der Waals surface area contributed by atoms with Crippen LogP contribution in [0, 0.1) is 0 Å². The number of carboxylic acids is 1. The zero-order valence-corrected chi connectivity index (χ0v) is 10.6. The third-order valence-electron chi connectivity index (χ3n) is 2.34. The largest absolute Gasteiger partial charge is 0.481 e. The molecule has 98 valence electrons. The Labute approximate surface area is 106 Å². The predicted octanol–water partition coefficient (Wildman–Crippen LogP) is 0.960. The second kappa shape index (κ2) is 6.32. The van der Waals surface area contributed by atoms with Crippen molar-refractivity contribution < 1.29 is 18.3 Å². The molecule has 0 aliphatic carbocycles. The molecule has 0 heterocycles. The highest BCUT2D eigenvalue weighted by Crippen LogP contribution is 2.15. The summed E-state index contributed by atoms with van der Waals surface area (Å²) < 4.78 is 25.1. The molecular formula is C12H15NO4S. The SMILES string of the molecule is C=CCS(=O)(=O)NCC(C(=O)O)c1ccccc1. The van der Waals surface area contributed by atoms with E-state index < -0.39 is 21.9 Å². The molecule has 18 heavy (non-hydrogen) atoms. The van der Waals surface area contributed by atoms with Crippen LogP contribution in [0.3, 0.4) is 0 Å². The highest BCUT2D eigenvalue weighted by molar-refractivity contribution is 7.89. The Bertz CT molecular complexity index is 510. The zero-order valence-electron chi connectivity index (χ0n) is 9.74. The molecule has 0 aliphatic rings. The summed E-state index contributed by atoms with van der Waals surface area (Å²) in [5.41, 5.74) is 0.561. The molecule has 1 aromatic rings. The summed E-state index contributed by atoms with van der Waals surface area (Å²) in [7, 11) is -3.50. The van der Waals surface area contributed by atoms with Gasteiger partial charge in [-0.15, -0.1) is 6.58 Å². The first kappa shape index (κ1) is 14.4. The molecule has 0 aliphatic heterocycles. The number of hydrogen-bond acceptors (Lipinski definition) is 3. The van der Waals surface area contributed by atoms with Crippen LogP contribution in [0.25, 0.3) is 0 Å². The maximum Gasteiger partial charge on any atom is 0.312 e. The molecule has 1 unspecified atom stereocenters. The second-order valence-corrected chi connectivity index (χ2v) is 5.57. The number of rotatable bonds is 7. The summed E-state index contributed by atoms with van der Waals surface area (Å²) in [4.78, 5) is 11.1. The Morgan fingerprint density at radius 3 is 2.50 bits per heavy atom. The van der Waals surface area contributed by atoms with Gasteiger partial charge in [0.25, 0.3) is 0 Å². The minimum atomic E-state index is -3.50. The van der Waals surface area contributed by atoms with Crippen molar-refractivity contribution in [3.63, 3.8) is 0 Å². The standard InChI is InChI=1S/C12H15NO4S/c1-2-8-18(16,17)13-9-11(12(14)15)10-6-4-3-5-7-10/h2-7,11,13H,1,8-9H2,(H,14,15). The lowest BCUT2D eigenvalue weighted by Gasteiger charge is -2.13. The minimum Gasteiger partial charge on any atom is -0.481 e. The van der Waals surface area contributed by atoms with Crippen molar-refractivity contribution in [3.8, 4) is 0 Å². The van der Waals surface area contributed by atoms with Crippen molar-refractivity contribution in [3.05, 3.63) is 48.6 Å². The molecule has 0 saturated carbocycles. The van der Waals surface area contributed by atoms with Crippen LogP contribution in [0.15, 0.2) is 43.0 Å². The van der Waals surface area contributed by atoms with Crippen LogP contribution >= 0.6 is 0 Å². The van der Waals surface area contributed by atoms with Gasteiger partial charge in [-0.05, 0) is 5.56 Å². The van der Waals surface area contributed by atoms with E-state index in [4.69, 9.17) is 5.11 Å². The van der Waals surface area contributed by atoms with Crippen molar-refractivity contribution in [2.75, 3.05) is 12.3 Å². The van der Waals surface area contributed by atoms with Crippen molar-refractivity contribution in [1.82, 2.24) is 4.72 Å². The van der Waals surface area contributed by atoms with Gasteiger partial charge in [-0.25, -0.2) is 13.1 Å². The van der Waals surface area contributed by atoms with Gasteiger partial charge in [0, 0.05) is 6.54 Å². The molecule has 0 spiro atoms. The first-order chi connectivity index (χ1) is 8.46. The monoisotopic (exact) mass is 269 g/mol. The van der Waals surface area contributed by atoms with Crippen LogP contribution in [-0.2, 0) is 14.8 Å². The number of benzene rings is 1. The molecule has 2 N–H and O–H groups in total. The third-order valence-corrected chi connectivity index (χ3v) is 3.63. The van der Waals surface area contributed by atoms with Crippen molar-refractivity contribution in [2.24, 2.45) is 0 Å². The van der Waals surface area contributed by atoms with Crippen molar-refractivity contribution in [2.45, 2.75) is 5.92 Å². The van der Waals surface area contributed by atoms with Crippen molar-refractivity contribution >= 4 is 16.0 Å². The maximum absolute atomic E-state index is 11.4. The van der Waals surface area contributed by atoms with E-state index in [2.05, 4.69) is 11.3 Å². The van der Waals surface area contributed by atoms with Crippen LogP contribution in [0.4, 0.5) is 0 Å². The number of carbonyl (C=O) groups is 1. The fraction of sp³-hybridized carbons (Fsp3) is 0.250. The summed E-state index contributed by atoms with van der Waals surface area (Å²) in [6.45, 7) is 3.16. The van der Waals surface area contributed by atoms with Crippen LogP contribution in [0.5, 0.6) is 0 Å². The van der Waals surface area contributed by atoms with Gasteiger partial charge in [-0.2, -0.15) is 0 Å². The lowest BCUT2D eigenvalue weighted by molar-refractivity contribution is -0.138. The Hall–Kier alpha value is -1.66. The zero-order chi connectivity index (χ0) is 13.6. The molecule has 0 bridgehead atoms. The second-order valence-electron chi connectivity index (χ2n) is 3.72. The van der Waals surface area contributed by atoms with Crippen LogP contribution < -0.4 is 4.72 Å². The third kappa shape index (κ3) is 4.31. The molecule has 1 aromatic carbocycles. The summed E-state index contributed by atoms with van der Waals surface area (Å²) in [5.74, 6) is -2.19. The average molecular weight is 269 g/mol. The van der Waals surface area contributed by atoms with Gasteiger partial charge in [0.05, 0.1) is 11.7 Å². The van der Waals surface area contributed by atoms with Gasteiger partial charge in [-0.1, -0.05) is 36.4 Å². The van der Waals surface area contributed by atoms with Crippen molar-refractivity contribution in [1.29, 1.82) is 0 Å². The van der Waals surface area contributed by atoms with Gasteiger partial charge in [0.15, 0.2) is 0 Å². The Balaban J connectivity index is 2.78. The summed E-state index contributed by atoms with van der Waals surface area (Å²) in [5, 5.41) is 9.10. The number of carboxylic acid groups (broad SMARTS) is 1. The predicted molar refractivity (Wildman–Crippen MR) is 68.8 cm³/mol. The van der Waals surface area contributed by atoms with E-state index in [9.17, 15) is 13.2 Å². The molecule has 6 heteroatoms. The molecule has 0 amide bonds. The smallest absolute Gasteiger partial charge is 0.312 e. The van der Waals surface area contributed by atoms with E-state index in [1.54, 1.807) is 30.3 Å². The minimum absolute atomic E-state index is 0.171. The molecule has 1 rings (SSSR count). The van der Waals surface area contributed by atoms with E-state index in [-0.39, 0.29) is 12.3 Å². The van der Waals surface area contributed by atoms with Gasteiger partial charge in [-0.3, -0.25) is 4.79 Å². The van der Waals surface area contributed by atoms with Gasteiger partial charge in [0.1, 0.15) is 0 Å². The van der Waals surface area contributed by atoms with E-state index in [1.807, 2.05) is 0 Å². The first-order valence-corrected chi connectivity index (χ1v) is 6.97. The summed E-state index contributed by atoms with van der Waals surface area (Å²) in [6.07, 6.45) is 1.25. The lowest BCUT2D eigenvalue weighted by atomic mass is 10.00. The highest BCUT2D eigenvalue weighted by Gasteiger charge is 2.21. The van der Waals surface area contributed by atoms with Crippen LogP contribution in [-0.4, -0.2) is 31.8 Å². The van der Waals surface area contributed by atoms with Gasteiger partial charge < -0.3 is 5.11 Å². The van der Waals surface area contributed by atoms with E-state index in [1.165, 1.54) is 6.08 Å². The number of nitrogens with one attached hydrogen (secondary N) is 1. The molecule has 1 atom stereocenters. The average Bonchev–Trinajstić information content (AvgIpc) is 2.30. The number of sulfonamides is 1. The Morgan fingerprint density at radius 1 is 1.39 bits per heavy atom. The van der Waals surface area contributed by atoms with E-state index in [0.717, 1.165) is 0 Å². The fourth-order valence-corrected chi connectivity index (χ4v) is 2.31. The molecule has 0 saturated heterocycles. The highest BCUT2D eigenvalue weighted by atomic mass is 32.2. The molecule has 5 nitrogen and oxygen atoms in total. The van der Waals surface area contributed by atoms with Gasteiger partial charge >= 0.3 is 5.97 Å². The maximum atomic E-state index is 11.4. The lowest BCUT2D eigenvalue weighted by Crippen LogP contribution is -2.32. The fourth-order valence-electron chi connectivity index (χ4n) is 1.46. The van der Waals surface area contributed by atoms with E-state index in [0.29, 0.717) is 5.56 Å². The topological polar surface area (TPSA) is 83.5 Å². The Kier molecular flexibility index (Phi) is 5.06. The molecular weight excluding hydrogens is 254 g/mol. The van der Waals surface area contributed by atoms with Gasteiger partial charge in [0.2, 0.25) is 10.0 Å². The van der Waals surface area contributed by atoms with Crippen LogP contribution in [0.2, 0.25) is 0 Å². The van der Waals surface area contributed by atoms with Crippen LogP contribution in [0.1, 0.15) is 11.5 Å². The molecule has 0 aromatic heterocycles. The number of aliphatic carboxylic acids is 1. The summed E-state index contributed by atoms with van der Waals surface area (Å²) in [6, 6.07) is 8.50. The normalized spacial score (nSPS) is 12.9. The molecule has 0 fully saturated rings. The quantitative estimate of drug-likeness (QED) is 0.722. The number of hydrogen-bond donors (Lipinski definition) is 2. The first-order valence-electron chi connectivity index (χ1n) is 5.32. The Morgan fingerprint density at radius 2 is 2.00 bits per heavy atom.